The van der Waals surface area contributed by atoms with Crippen LogP contribution in [0.1, 0.15) is 20.8 Å². The van der Waals surface area contributed by atoms with Gasteiger partial charge in [0.2, 0.25) is 11.8 Å². The third kappa shape index (κ3) is 7.23. The number of carbonyl (C=O) groups excluding carboxylic acids is 2. The maximum atomic E-state index is 14.0. The van der Waals surface area contributed by atoms with Crippen LogP contribution in [0.2, 0.25) is 0 Å². The largest absolute Gasteiger partial charge is 0.497 e. The van der Waals surface area contributed by atoms with Crippen LogP contribution in [0.25, 0.3) is 0 Å². The van der Waals surface area contributed by atoms with E-state index in [1.54, 1.807) is 0 Å². The van der Waals surface area contributed by atoms with Crippen molar-refractivity contribution < 1.29 is 41.5 Å². The van der Waals surface area contributed by atoms with Crippen LogP contribution in [0.15, 0.2) is 48.7 Å². The summed E-state index contributed by atoms with van der Waals surface area (Å²) >= 11 is 0. The summed E-state index contributed by atoms with van der Waals surface area (Å²) in [6.07, 6.45) is -3.69. The van der Waals surface area contributed by atoms with E-state index in [1.165, 1.54) is 31.4 Å². The number of methoxy groups -OCH3 is 1. The number of nitro benzene ring substituents is 1. The normalized spacial score (nSPS) is 10.8. The summed E-state index contributed by atoms with van der Waals surface area (Å²) in [5, 5.41) is 13.4. The first-order chi connectivity index (χ1) is 17.5. The molecular weight excluding hydrogens is 508 g/mol. The number of nitrogens with one attached hydrogen (secondary N) is 3. The van der Waals surface area contributed by atoms with Crippen molar-refractivity contribution in [3.05, 3.63) is 75.9 Å². The molecule has 0 radical (unpaired) electrons. The van der Waals surface area contributed by atoms with Gasteiger partial charge in [-0.2, -0.15) is 17.6 Å². The fraction of sp³-hybridized carbons (Fsp3) is 0.143. The number of ether oxygens (including phenoxy) is 2. The Hall–Kier alpha value is -5.02. The second-order valence-electron chi connectivity index (χ2n) is 6.99. The lowest BCUT2D eigenvalue weighted by Gasteiger charge is -2.14. The highest BCUT2D eigenvalue weighted by Gasteiger charge is 2.30. The van der Waals surface area contributed by atoms with Crippen LogP contribution in [0.5, 0.6) is 11.5 Å². The molecule has 0 saturated carbocycles. The first-order valence-corrected chi connectivity index (χ1v) is 9.99. The predicted molar refractivity (Wildman–Crippen MR) is 118 cm³/mol. The van der Waals surface area contributed by atoms with Gasteiger partial charge in [0.05, 0.1) is 17.7 Å². The van der Waals surface area contributed by atoms with Crippen molar-refractivity contribution in [1.82, 2.24) is 20.8 Å². The number of hydrogen-bond acceptors (Lipinski definition) is 9. The number of halogens is 4. The molecule has 194 valence electrons. The van der Waals surface area contributed by atoms with Crippen molar-refractivity contribution in [2.75, 3.05) is 19.0 Å². The number of hydrazine groups is 1. The molecule has 0 atom stereocenters. The summed E-state index contributed by atoms with van der Waals surface area (Å²) in [5.41, 5.74) is 2.66. The minimum absolute atomic E-state index is 0.204. The Morgan fingerprint density at radius 2 is 1.76 bits per heavy atom. The van der Waals surface area contributed by atoms with E-state index in [2.05, 4.69) is 30.9 Å². The maximum absolute atomic E-state index is 14.0. The molecule has 0 bridgehead atoms. The summed E-state index contributed by atoms with van der Waals surface area (Å²) in [7, 11) is 1.45. The molecule has 2 aromatic carbocycles. The number of anilines is 2. The number of rotatable bonds is 8. The number of hydrogen-bond donors (Lipinski definition) is 3. The van der Waals surface area contributed by atoms with Gasteiger partial charge >= 0.3 is 11.9 Å². The van der Waals surface area contributed by atoms with E-state index in [9.17, 15) is 37.3 Å². The Morgan fingerprint density at radius 1 is 1.08 bits per heavy atom. The first-order valence-electron chi connectivity index (χ1n) is 9.99. The van der Waals surface area contributed by atoms with Gasteiger partial charge in [0.15, 0.2) is 6.61 Å². The summed E-state index contributed by atoms with van der Waals surface area (Å²) < 4.78 is 61.2. The molecule has 2 amide bonds. The summed E-state index contributed by atoms with van der Waals surface area (Å²) in [6, 6.07) is 8.11. The van der Waals surface area contributed by atoms with Gasteiger partial charge in [0.1, 0.15) is 17.2 Å². The molecule has 0 saturated heterocycles. The Labute approximate surface area is 204 Å². The second-order valence-corrected chi connectivity index (χ2v) is 6.99. The first kappa shape index (κ1) is 26.6. The van der Waals surface area contributed by atoms with Crippen molar-refractivity contribution in [3.8, 4) is 11.5 Å². The minimum atomic E-state index is -4.78. The van der Waals surface area contributed by atoms with E-state index < -0.39 is 58.4 Å². The number of aromatic nitrogens is 2. The molecule has 1 heterocycles. The highest BCUT2D eigenvalue weighted by molar-refractivity contribution is 5.98. The monoisotopic (exact) mass is 524 g/mol. The van der Waals surface area contributed by atoms with E-state index in [0.29, 0.717) is 17.9 Å². The lowest BCUT2D eigenvalue weighted by Crippen LogP contribution is -2.42. The van der Waals surface area contributed by atoms with Crippen LogP contribution < -0.4 is 25.6 Å². The molecule has 12 nitrogen and oxygen atoms in total. The average molecular weight is 524 g/mol. The van der Waals surface area contributed by atoms with Crippen molar-refractivity contribution >= 4 is 29.1 Å². The molecule has 0 spiro atoms. The van der Waals surface area contributed by atoms with Gasteiger partial charge in [0.25, 0.3) is 11.8 Å². The predicted octanol–water partition coefficient (Wildman–Crippen LogP) is 3.29. The Bertz CT molecular complexity index is 1320. The van der Waals surface area contributed by atoms with Gasteiger partial charge in [-0.3, -0.25) is 30.6 Å². The topological polar surface area (TPSA) is 158 Å². The maximum Gasteiger partial charge on any atom is 0.422 e. The molecule has 3 aromatic rings. The Kier molecular flexibility index (Phi) is 8.01. The van der Waals surface area contributed by atoms with Crippen LogP contribution in [0.4, 0.5) is 34.9 Å². The van der Waals surface area contributed by atoms with Gasteiger partial charge in [-0.1, -0.05) is 0 Å². The third-order valence-corrected chi connectivity index (χ3v) is 4.41. The molecule has 0 unspecified atom stereocenters. The van der Waals surface area contributed by atoms with Crippen molar-refractivity contribution in [3.63, 3.8) is 0 Å². The van der Waals surface area contributed by atoms with Crippen LogP contribution in [-0.4, -0.2) is 46.6 Å². The van der Waals surface area contributed by atoms with E-state index >= 15 is 0 Å². The highest BCUT2D eigenvalue weighted by Crippen LogP contribution is 2.34. The molecule has 1 aromatic heterocycles. The van der Waals surface area contributed by atoms with Crippen LogP contribution >= 0.6 is 0 Å². The summed E-state index contributed by atoms with van der Waals surface area (Å²) in [5.74, 6) is -3.59. The molecule has 37 heavy (non-hydrogen) atoms. The number of amides is 2. The minimum Gasteiger partial charge on any atom is -0.497 e. The molecule has 3 N–H and O–H groups in total. The fourth-order valence-electron chi connectivity index (χ4n) is 2.72. The van der Waals surface area contributed by atoms with Crippen molar-refractivity contribution in [2.24, 2.45) is 0 Å². The quantitative estimate of drug-likeness (QED) is 0.228. The van der Waals surface area contributed by atoms with Crippen LogP contribution in [-0.2, 0) is 0 Å². The molecule has 0 aliphatic heterocycles. The van der Waals surface area contributed by atoms with Gasteiger partial charge in [-0.15, -0.1) is 0 Å². The zero-order valence-corrected chi connectivity index (χ0v) is 18.6. The average Bonchev–Trinajstić information content (AvgIpc) is 2.86. The van der Waals surface area contributed by atoms with E-state index in [-0.39, 0.29) is 11.3 Å². The molecular formula is C21H16F4N6O6. The van der Waals surface area contributed by atoms with E-state index in [0.717, 1.165) is 12.3 Å². The molecule has 0 aliphatic carbocycles. The van der Waals surface area contributed by atoms with Gasteiger partial charge in [0, 0.05) is 23.9 Å². The zero-order chi connectivity index (χ0) is 27.2. The lowest BCUT2D eigenvalue weighted by atomic mass is 10.2. The zero-order valence-electron chi connectivity index (χ0n) is 18.6. The molecule has 16 heteroatoms. The third-order valence-electron chi connectivity index (χ3n) is 4.41. The van der Waals surface area contributed by atoms with Crippen molar-refractivity contribution in [1.29, 1.82) is 0 Å². The summed E-state index contributed by atoms with van der Waals surface area (Å²) in [4.78, 5) is 42.2. The Morgan fingerprint density at radius 3 is 2.38 bits per heavy atom. The number of alkyl halides is 3. The standard InChI is InChI=1S/C21H16F4N6O6/c1-36-12-4-2-11(3-5-12)18(32)29-30-19(33)14-6-7-26-20(27-14)28-15-9-16(31(34)35)13(22)8-17(15)37-10-21(23,24)25/h2-9H,10H2,1H3,(H,29,32)(H,30,33)(H,26,27,28). The summed E-state index contributed by atoms with van der Waals surface area (Å²) in [6.45, 7) is -1.81. The SMILES string of the molecule is COc1ccc(C(=O)NNC(=O)c2ccnc(Nc3cc([N+](=O)[O-])c(F)cc3OCC(F)(F)F)n2)cc1. The second kappa shape index (κ2) is 11.1. The van der Waals surface area contributed by atoms with E-state index in [4.69, 9.17) is 4.74 Å². The Balaban J connectivity index is 1.76. The molecule has 3 rings (SSSR count). The van der Waals surface area contributed by atoms with E-state index in [1.807, 2.05) is 0 Å². The number of nitro groups is 1. The van der Waals surface area contributed by atoms with Gasteiger partial charge in [-0.25, -0.2) is 9.97 Å². The number of nitrogens with zero attached hydrogens (tertiary/aromatic N) is 3. The molecule has 0 fully saturated rings. The smallest absolute Gasteiger partial charge is 0.422 e. The molecule has 0 aliphatic rings. The highest BCUT2D eigenvalue weighted by atomic mass is 19.4. The number of benzene rings is 2. The fourth-order valence-corrected chi connectivity index (χ4v) is 2.72. The lowest BCUT2D eigenvalue weighted by molar-refractivity contribution is -0.387. The van der Waals surface area contributed by atoms with Crippen LogP contribution in [0, 0.1) is 15.9 Å². The van der Waals surface area contributed by atoms with Crippen molar-refractivity contribution in [2.45, 2.75) is 6.18 Å². The van der Waals surface area contributed by atoms with Gasteiger partial charge < -0.3 is 14.8 Å². The van der Waals surface area contributed by atoms with Crippen LogP contribution in [0.3, 0.4) is 0 Å². The van der Waals surface area contributed by atoms with Gasteiger partial charge in [-0.05, 0) is 30.3 Å². The number of carbonyl (C=O) groups is 2.